The van der Waals surface area contributed by atoms with E-state index in [9.17, 15) is 9.59 Å². The van der Waals surface area contributed by atoms with Crippen LogP contribution in [0.1, 0.15) is 35.1 Å². The second kappa shape index (κ2) is 8.89. The summed E-state index contributed by atoms with van der Waals surface area (Å²) in [5.74, 6) is 0.196. The van der Waals surface area contributed by atoms with E-state index in [0.29, 0.717) is 23.7 Å². The fraction of sp³-hybridized carbons (Fsp3) is 0.455. The van der Waals surface area contributed by atoms with Crippen LogP contribution in [0.25, 0.3) is 0 Å². The maximum absolute atomic E-state index is 12.1. The van der Waals surface area contributed by atoms with Crippen LogP contribution in [0.2, 0.25) is 0 Å². The molecule has 2 aromatic rings. The molecule has 2 N–H and O–H groups in total. The van der Waals surface area contributed by atoms with Crippen molar-refractivity contribution in [2.24, 2.45) is 0 Å². The molecule has 0 aromatic carbocycles. The minimum atomic E-state index is -0.470. The van der Waals surface area contributed by atoms with E-state index in [-0.39, 0.29) is 11.8 Å². The molecule has 4 heterocycles. The molecule has 4 rings (SSSR count). The van der Waals surface area contributed by atoms with Gasteiger partial charge in [-0.2, -0.15) is 0 Å². The zero-order chi connectivity index (χ0) is 22.0. The lowest BCUT2D eigenvalue weighted by Crippen LogP contribution is -2.46. The van der Waals surface area contributed by atoms with Crippen LogP contribution in [0.5, 0.6) is 5.88 Å². The quantitative estimate of drug-likeness (QED) is 0.752. The molecule has 2 aliphatic heterocycles. The first kappa shape index (κ1) is 21.0. The number of piperazine rings is 1. The van der Waals surface area contributed by atoms with E-state index >= 15 is 0 Å². The minimum absolute atomic E-state index is 0.117. The Bertz CT molecular complexity index is 987. The Balaban J connectivity index is 1.36. The van der Waals surface area contributed by atoms with Crippen LogP contribution in [-0.2, 0) is 11.3 Å². The van der Waals surface area contributed by atoms with Crippen molar-refractivity contribution >= 4 is 23.2 Å². The average Bonchev–Trinajstić information content (AvgIpc) is 2.78. The maximum atomic E-state index is 12.1. The highest BCUT2D eigenvalue weighted by molar-refractivity contribution is 5.97. The number of nitrogens with zero attached hydrogens (tertiary/aromatic N) is 4. The summed E-state index contributed by atoms with van der Waals surface area (Å²) in [7, 11) is 1.60. The zero-order valence-electron chi connectivity index (χ0n) is 18.1. The number of carbonyl (C=O) groups is 2. The SMILES string of the molecule is CCC1Oc2ncc(CN3CCN(c4ccc(C(=O)NC)nc4C)CC3)cc2NC1=O. The van der Waals surface area contributed by atoms with Gasteiger partial charge in [0.2, 0.25) is 5.88 Å². The summed E-state index contributed by atoms with van der Waals surface area (Å²) in [4.78, 5) is 37.3. The number of amides is 2. The van der Waals surface area contributed by atoms with Gasteiger partial charge in [0, 0.05) is 46.0 Å². The summed E-state index contributed by atoms with van der Waals surface area (Å²) < 4.78 is 5.67. The van der Waals surface area contributed by atoms with E-state index in [4.69, 9.17) is 4.74 Å². The third-order valence-electron chi connectivity index (χ3n) is 5.72. The van der Waals surface area contributed by atoms with Crippen LogP contribution in [0, 0.1) is 6.92 Å². The van der Waals surface area contributed by atoms with Gasteiger partial charge in [-0.3, -0.25) is 14.5 Å². The minimum Gasteiger partial charge on any atom is -0.463 e. The smallest absolute Gasteiger partial charge is 0.269 e. The Morgan fingerprint density at radius 3 is 2.74 bits per heavy atom. The van der Waals surface area contributed by atoms with Crippen molar-refractivity contribution in [1.29, 1.82) is 0 Å². The lowest BCUT2D eigenvalue weighted by Gasteiger charge is -2.36. The number of nitrogens with one attached hydrogen (secondary N) is 2. The van der Waals surface area contributed by atoms with Gasteiger partial charge in [0.05, 0.1) is 11.4 Å². The van der Waals surface area contributed by atoms with Crippen LogP contribution >= 0.6 is 0 Å². The van der Waals surface area contributed by atoms with Gasteiger partial charge < -0.3 is 20.3 Å². The van der Waals surface area contributed by atoms with Crippen molar-refractivity contribution < 1.29 is 14.3 Å². The van der Waals surface area contributed by atoms with Gasteiger partial charge in [0.1, 0.15) is 11.4 Å². The van der Waals surface area contributed by atoms with E-state index in [1.165, 1.54) is 0 Å². The number of aromatic nitrogens is 2. The van der Waals surface area contributed by atoms with Crippen LogP contribution in [-0.4, -0.2) is 66.0 Å². The van der Waals surface area contributed by atoms with Crippen molar-refractivity contribution in [3.63, 3.8) is 0 Å². The molecule has 1 atom stereocenters. The number of aryl methyl sites for hydroxylation is 1. The molecule has 1 unspecified atom stereocenters. The largest absolute Gasteiger partial charge is 0.463 e. The number of anilines is 2. The van der Waals surface area contributed by atoms with E-state index in [0.717, 1.165) is 49.7 Å². The molecule has 2 amide bonds. The van der Waals surface area contributed by atoms with Crippen LogP contribution in [0.15, 0.2) is 24.4 Å². The zero-order valence-corrected chi connectivity index (χ0v) is 18.1. The predicted octanol–water partition coefficient (Wildman–Crippen LogP) is 1.58. The Morgan fingerprint density at radius 1 is 1.29 bits per heavy atom. The topological polar surface area (TPSA) is 99.7 Å². The Labute approximate surface area is 181 Å². The number of carbonyl (C=O) groups excluding carboxylic acids is 2. The molecule has 0 radical (unpaired) electrons. The fourth-order valence-electron chi connectivity index (χ4n) is 3.98. The standard InChI is InChI=1S/C22H28N6O3/c1-4-19-21(30)26-17-11-15(12-24-22(17)31-19)13-27-7-9-28(10-8-27)18-6-5-16(20(29)23-3)25-14(18)2/h5-6,11-12,19H,4,7-10,13H2,1-3H3,(H,23,29)(H,26,30). The number of rotatable bonds is 5. The first-order valence-electron chi connectivity index (χ1n) is 10.6. The van der Waals surface area contributed by atoms with Crippen molar-refractivity contribution in [2.75, 3.05) is 43.4 Å². The number of ether oxygens (including phenoxy) is 1. The van der Waals surface area contributed by atoms with Gasteiger partial charge in [-0.05, 0) is 37.1 Å². The fourth-order valence-corrected chi connectivity index (χ4v) is 3.98. The lowest BCUT2D eigenvalue weighted by atomic mass is 10.1. The Hall–Kier alpha value is -3.20. The maximum Gasteiger partial charge on any atom is 0.269 e. The molecular weight excluding hydrogens is 396 g/mol. The normalized spacial score (nSPS) is 18.7. The summed E-state index contributed by atoms with van der Waals surface area (Å²) in [6.07, 6.45) is 1.96. The summed E-state index contributed by atoms with van der Waals surface area (Å²) in [6, 6.07) is 5.69. The summed E-state index contributed by atoms with van der Waals surface area (Å²) >= 11 is 0. The van der Waals surface area contributed by atoms with Gasteiger partial charge in [-0.1, -0.05) is 6.92 Å². The van der Waals surface area contributed by atoms with E-state index in [2.05, 4.69) is 30.4 Å². The predicted molar refractivity (Wildman–Crippen MR) is 117 cm³/mol. The van der Waals surface area contributed by atoms with Gasteiger partial charge in [-0.25, -0.2) is 9.97 Å². The third kappa shape index (κ3) is 4.46. The summed E-state index contributed by atoms with van der Waals surface area (Å²) in [5.41, 5.74) is 4.04. The van der Waals surface area contributed by atoms with Crippen molar-refractivity contribution in [2.45, 2.75) is 32.9 Å². The molecule has 0 aliphatic carbocycles. The lowest BCUT2D eigenvalue weighted by molar-refractivity contribution is -0.123. The highest BCUT2D eigenvalue weighted by Crippen LogP contribution is 2.29. The van der Waals surface area contributed by atoms with Gasteiger partial charge in [0.15, 0.2) is 6.10 Å². The second-order valence-electron chi connectivity index (χ2n) is 7.84. The van der Waals surface area contributed by atoms with Crippen LogP contribution in [0.4, 0.5) is 11.4 Å². The molecule has 0 saturated carbocycles. The Kier molecular flexibility index (Phi) is 6.03. The van der Waals surface area contributed by atoms with E-state index < -0.39 is 6.10 Å². The molecular formula is C22H28N6O3. The van der Waals surface area contributed by atoms with Gasteiger partial charge in [0.25, 0.3) is 11.8 Å². The average molecular weight is 425 g/mol. The van der Waals surface area contributed by atoms with Gasteiger partial charge >= 0.3 is 0 Å². The molecule has 9 nitrogen and oxygen atoms in total. The van der Waals surface area contributed by atoms with Crippen molar-refractivity contribution in [3.05, 3.63) is 41.3 Å². The summed E-state index contributed by atoms with van der Waals surface area (Å²) in [6.45, 7) is 8.15. The number of fused-ring (bicyclic) bond motifs is 1. The molecule has 1 saturated heterocycles. The summed E-state index contributed by atoms with van der Waals surface area (Å²) in [5, 5.41) is 5.51. The number of hydrogen-bond acceptors (Lipinski definition) is 7. The van der Waals surface area contributed by atoms with Crippen molar-refractivity contribution in [3.8, 4) is 5.88 Å². The molecule has 9 heteroatoms. The molecule has 0 spiro atoms. The second-order valence-corrected chi connectivity index (χ2v) is 7.84. The highest BCUT2D eigenvalue weighted by Gasteiger charge is 2.27. The number of hydrogen-bond donors (Lipinski definition) is 2. The molecule has 164 valence electrons. The molecule has 1 fully saturated rings. The van der Waals surface area contributed by atoms with Gasteiger partial charge in [-0.15, -0.1) is 0 Å². The molecule has 0 bridgehead atoms. The number of pyridine rings is 2. The van der Waals surface area contributed by atoms with E-state index in [1.807, 2.05) is 32.2 Å². The van der Waals surface area contributed by atoms with Crippen LogP contribution in [0.3, 0.4) is 0 Å². The van der Waals surface area contributed by atoms with Crippen LogP contribution < -0.4 is 20.3 Å². The molecule has 31 heavy (non-hydrogen) atoms. The molecule has 2 aliphatic rings. The first-order chi connectivity index (χ1) is 15.0. The Morgan fingerprint density at radius 2 is 2.06 bits per heavy atom. The molecule has 2 aromatic heterocycles. The monoisotopic (exact) mass is 424 g/mol. The first-order valence-corrected chi connectivity index (χ1v) is 10.6. The third-order valence-corrected chi connectivity index (χ3v) is 5.72. The highest BCUT2D eigenvalue weighted by atomic mass is 16.5. The van der Waals surface area contributed by atoms with Crippen molar-refractivity contribution in [1.82, 2.24) is 20.2 Å². The van der Waals surface area contributed by atoms with E-state index in [1.54, 1.807) is 13.1 Å².